The third-order valence-electron chi connectivity index (χ3n) is 4.76. The zero-order chi connectivity index (χ0) is 19.1. The van der Waals surface area contributed by atoms with E-state index in [1.54, 1.807) is 12.1 Å². The number of fused-ring (bicyclic) bond motifs is 3. The lowest BCUT2D eigenvalue weighted by molar-refractivity contribution is 0.0831. The number of ketones is 1. The molecule has 0 aromatic heterocycles. The van der Waals surface area contributed by atoms with Gasteiger partial charge in [0.2, 0.25) is 5.78 Å². The Bertz CT molecular complexity index is 949. The Hall–Kier alpha value is -2.30. The smallest absolute Gasteiger partial charge is 0.232 e. The van der Waals surface area contributed by atoms with E-state index < -0.39 is 0 Å². The second-order valence-corrected chi connectivity index (χ2v) is 7.98. The first-order chi connectivity index (χ1) is 12.9. The molecule has 0 bridgehead atoms. The number of hydrogen-bond donors (Lipinski definition) is 0. The number of ether oxygens (including phenoxy) is 2. The van der Waals surface area contributed by atoms with Crippen molar-refractivity contribution < 1.29 is 14.3 Å². The van der Waals surface area contributed by atoms with Gasteiger partial charge in [-0.05, 0) is 48.2 Å². The minimum atomic E-state index is -0.0914. The first-order valence-electron chi connectivity index (χ1n) is 9.14. The summed E-state index contributed by atoms with van der Waals surface area (Å²) in [6.07, 6.45) is 1.75. The van der Waals surface area contributed by atoms with Crippen LogP contribution >= 0.6 is 11.6 Å². The molecule has 0 fully saturated rings. The monoisotopic (exact) mass is 383 g/mol. The van der Waals surface area contributed by atoms with Crippen molar-refractivity contribution in [1.29, 1.82) is 0 Å². The average molecular weight is 384 g/mol. The van der Waals surface area contributed by atoms with Gasteiger partial charge in [-0.1, -0.05) is 37.6 Å². The van der Waals surface area contributed by atoms with Crippen LogP contribution in [0.25, 0.3) is 6.08 Å². The van der Waals surface area contributed by atoms with Crippen LogP contribution in [0.5, 0.6) is 11.5 Å². The van der Waals surface area contributed by atoms with Crippen molar-refractivity contribution >= 4 is 23.5 Å². The number of rotatable bonds is 3. The van der Waals surface area contributed by atoms with Gasteiger partial charge >= 0.3 is 0 Å². The van der Waals surface area contributed by atoms with Gasteiger partial charge in [0, 0.05) is 18.1 Å². The van der Waals surface area contributed by atoms with E-state index in [9.17, 15) is 4.79 Å². The summed E-state index contributed by atoms with van der Waals surface area (Å²) in [4.78, 5) is 15.2. The number of hydrogen-bond acceptors (Lipinski definition) is 4. The fourth-order valence-electron chi connectivity index (χ4n) is 3.66. The van der Waals surface area contributed by atoms with Crippen LogP contribution in [0.3, 0.4) is 0 Å². The zero-order valence-corrected chi connectivity index (χ0v) is 16.5. The van der Waals surface area contributed by atoms with Crippen LogP contribution in [0.1, 0.15) is 40.9 Å². The van der Waals surface area contributed by atoms with Crippen molar-refractivity contribution in [3.8, 4) is 11.5 Å². The van der Waals surface area contributed by atoms with Crippen molar-refractivity contribution in [1.82, 2.24) is 4.90 Å². The molecule has 2 aromatic rings. The second kappa shape index (κ2) is 7.02. The number of benzene rings is 2. The second-order valence-electron chi connectivity index (χ2n) is 7.55. The van der Waals surface area contributed by atoms with Crippen molar-refractivity contribution in [3.05, 3.63) is 63.4 Å². The molecule has 0 radical (unpaired) electrons. The largest absolute Gasteiger partial charge is 0.478 e. The Morgan fingerprint density at radius 3 is 2.85 bits per heavy atom. The minimum Gasteiger partial charge on any atom is -0.478 e. The lowest BCUT2D eigenvalue weighted by Crippen LogP contribution is -2.35. The predicted octanol–water partition coefficient (Wildman–Crippen LogP) is 5.07. The van der Waals surface area contributed by atoms with E-state index in [0.29, 0.717) is 41.3 Å². The van der Waals surface area contributed by atoms with Crippen LogP contribution in [0.15, 0.2) is 36.1 Å². The number of halogens is 1. The van der Waals surface area contributed by atoms with Gasteiger partial charge < -0.3 is 9.47 Å². The van der Waals surface area contributed by atoms with Gasteiger partial charge in [0.05, 0.1) is 11.1 Å². The van der Waals surface area contributed by atoms with E-state index in [4.69, 9.17) is 21.1 Å². The Kier molecular flexibility index (Phi) is 4.70. The molecule has 140 valence electrons. The molecule has 2 aromatic carbocycles. The molecule has 0 atom stereocenters. The topological polar surface area (TPSA) is 38.8 Å². The fourth-order valence-corrected chi connectivity index (χ4v) is 3.86. The van der Waals surface area contributed by atoms with E-state index in [0.717, 1.165) is 29.0 Å². The van der Waals surface area contributed by atoms with E-state index in [1.807, 2.05) is 31.2 Å². The van der Waals surface area contributed by atoms with Gasteiger partial charge in [-0.2, -0.15) is 0 Å². The third-order valence-corrected chi connectivity index (χ3v) is 4.99. The highest BCUT2D eigenvalue weighted by Gasteiger charge is 2.35. The van der Waals surface area contributed by atoms with Gasteiger partial charge in [0.1, 0.15) is 18.2 Å². The summed E-state index contributed by atoms with van der Waals surface area (Å²) in [7, 11) is 0. The molecule has 27 heavy (non-hydrogen) atoms. The molecule has 0 spiro atoms. The van der Waals surface area contributed by atoms with Crippen LogP contribution in [0.2, 0.25) is 5.02 Å². The molecule has 5 heteroatoms. The molecule has 4 nitrogen and oxygen atoms in total. The summed E-state index contributed by atoms with van der Waals surface area (Å²) in [6, 6.07) is 9.31. The maximum absolute atomic E-state index is 13.0. The molecule has 0 amide bonds. The molecule has 0 aliphatic carbocycles. The maximum atomic E-state index is 13.0. The molecule has 2 heterocycles. The number of carbonyl (C=O) groups excluding carboxylic acids is 1. The fraction of sp³-hybridized carbons (Fsp3) is 0.318. The van der Waals surface area contributed by atoms with Crippen molar-refractivity contribution in [2.45, 2.75) is 27.3 Å². The maximum Gasteiger partial charge on any atom is 0.232 e. The Balaban J connectivity index is 1.72. The number of nitrogens with zero attached hydrogens (tertiary/aromatic N) is 1. The molecule has 0 unspecified atom stereocenters. The third kappa shape index (κ3) is 3.47. The molecule has 2 aliphatic rings. The Morgan fingerprint density at radius 1 is 1.30 bits per heavy atom. The van der Waals surface area contributed by atoms with Crippen molar-refractivity contribution in [2.24, 2.45) is 5.92 Å². The summed E-state index contributed by atoms with van der Waals surface area (Å²) in [5, 5.41) is 0.624. The molecule has 0 saturated heterocycles. The lowest BCUT2D eigenvalue weighted by Gasteiger charge is -2.31. The highest BCUT2D eigenvalue weighted by atomic mass is 35.5. The minimum absolute atomic E-state index is 0.0914. The molecule has 0 N–H and O–H groups in total. The number of aryl methyl sites for hydroxylation is 1. The standard InChI is InChI=1S/C22H22ClNO3/c1-13(2)10-24-11-17-18(26-12-24)7-14(3)20-21(25)19(27-22(17)20)9-15-5-4-6-16(23)8-15/h4-9,13H,10-12H2,1-3H3/b19-9-. The quantitative estimate of drug-likeness (QED) is 0.693. The van der Waals surface area contributed by atoms with Crippen LogP contribution in [-0.4, -0.2) is 24.0 Å². The summed E-state index contributed by atoms with van der Waals surface area (Å²) in [5.74, 6) is 2.21. The van der Waals surface area contributed by atoms with Gasteiger partial charge in [-0.3, -0.25) is 9.69 Å². The van der Waals surface area contributed by atoms with Gasteiger partial charge in [-0.25, -0.2) is 0 Å². The molecule has 0 saturated carbocycles. The van der Waals surface area contributed by atoms with Crippen molar-refractivity contribution in [3.63, 3.8) is 0 Å². The van der Waals surface area contributed by atoms with Crippen LogP contribution < -0.4 is 9.47 Å². The number of carbonyl (C=O) groups is 1. The first-order valence-corrected chi connectivity index (χ1v) is 9.51. The summed E-state index contributed by atoms with van der Waals surface area (Å²) in [6.45, 7) is 8.49. The summed E-state index contributed by atoms with van der Waals surface area (Å²) >= 11 is 6.06. The van der Waals surface area contributed by atoms with Gasteiger partial charge in [-0.15, -0.1) is 0 Å². The molecular formula is C22H22ClNO3. The summed E-state index contributed by atoms with van der Waals surface area (Å²) in [5.41, 5.74) is 3.30. The lowest BCUT2D eigenvalue weighted by atomic mass is 9.98. The summed E-state index contributed by atoms with van der Waals surface area (Å²) < 4.78 is 12.0. The highest BCUT2D eigenvalue weighted by Crippen LogP contribution is 2.44. The van der Waals surface area contributed by atoms with E-state index >= 15 is 0 Å². The highest BCUT2D eigenvalue weighted by molar-refractivity contribution is 6.30. The van der Waals surface area contributed by atoms with Crippen LogP contribution in [0.4, 0.5) is 0 Å². The zero-order valence-electron chi connectivity index (χ0n) is 15.7. The van der Waals surface area contributed by atoms with Crippen LogP contribution in [0, 0.1) is 12.8 Å². The van der Waals surface area contributed by atoms with E-state index in [2.05, 4.69) is 18.7 Å². The average Bonchev–Trinajstić information content (AvgIpc) is 2.93. The van der Waals surface area contributed by atoms with Crippen LogP contribution in [-0.2, 0) is 6.54 Å². The molecular weight excluding hydrogens is 362 g/mol. The Morgan fingerprint density at radius 2 is 2.11 bits per heavy atom. The van der Waals surface area contributed by atoms with Crippen molar-refractivity contribution in [2.75, 3.05) is 13.3 Å². The normalized spacial score (nSPS) is 17.7. The Labute approximate surface area is 164 Å². The SMILES string of the molecule is Cc1cc2c(c3c1C(=O)/C(=C/c1cccc(Cl)c1)O3)CN(CC(C)C)CO2. The number of Topliss-reactive ketones (excluding diaryl/α,β-unsaturated/α-hetero) is 1. The first kappa shape index (κ1) is 18.1. The molecule has 4 rings (SSSR count). The van der Waals surface area contributed by atoms with E-state index in [1.165, 1.54) is 0 Å². The number of allylic oxidation sites excluding steroid dienone is 1. The van der Waals surface area contributed by atoms with E-state index in [-0.39, 0.29) is 5.78 Å². The predicted molar refractivity (Wildman–Crippen MR) is 106 cm³/mol. The van der Waals surface area contributed by atoms with Gasteiger partial charge in [0.25, 0.3) is 0 Å². The van der Waals surface area contributed by atoms with Gasteiger partial charge in [0.15, 0.2) is 5.76 Å². The molecule has 2 aliphatic heterocycles.